The predicted octanol–water partition coefficient (Wildman–Crippen LogP) is 5.94. The van der Waals surface area contributed by atoms with Crippen molar-refractivity contribution < 1.29 is 23.5 Å². The summed E-state index contributed by atoms with van der Waals surface area (Å²) in [5, 5.41) is 3.33. The molecule has 37 heavy (non-hydrogen) atoms. The third-order valence-electron chi connectivity index (χ3n) is 7.03. The monoisotopic (exact) mass is 497 g/mol. The van der Waals surface area contributed by atoms with E-state index >= 15 is 0 Å². The second-order valence-electron chi connectivity index (χ2n) is 9.41. The molecule has 1 N–H and O–H groups in total. The lowest BCUT2D eigenvalue weighted by Crippen LogP contribution is -2.36. The van der Waals surface area contributed by atoms with Crippen molar-refractivity contribution in [1.29, 1.82) is 0 Å². The summed E-state index contributed by atoms with van der Waals surface area (Å²) in [4.78, 5) is 27.1. The van der Waals surface area contributed by atoms with Gasteiger partial charge in [-0.2, -0.15) is 0 Å². The Balaban J connectivity index is 1.50. The number of hydrogen-bond acceptors (Lipinski definition) is 5. The molecule has 1 aliphatic heterocycles. The zero-order valence-corrected chi connectivity index (χ0v) is 20.8. The van der Waals surface area contributed by atoms with Crippen LogP contribution in [0.25, 0.3) is 0 Å². The molecule has 3 aromatic rings. The number of halogens is 1. The molecule has 2 atom stereocenters. The molecule has 2 aliphatic rings. The zero-order chi connectivity index (χ0) is 25.9. The molecule has 1 aliphatic carbocycles. The van der Waals surface area contributed by atoms with Crippen LogP contribution in [-0.4, -0.2) is 18.9 Å². The molecular formula is C31H28FNO4. The van der Waals surface area contributed by atoms with Crippen LogP contribution >= 0.6 is 0 Å². The SMILES string of the molecule is COc1ccc([C@H]2CC(=O)C3=C(C2)NC(C)=C(C(=O)OCc2ccccc2)[C@H]3c2cccc(F)c2)cc1. The van der Waals surface area contributed by atoms with Crippen LogP contribution in [0.5, 0.6) is 5.75 Å². The fourth-order valence-corrected chi connectivity index (χ4v) is 5.24. The number of rotatable bonds is 6. The summed E-state index contributed by atoms with van der Waals surface area (Å²) in [6.45, 7) is 1.91. The Morgan fingerprint density at radius 3 is 2.43 bits per heavy atom. The molecule has 0 bridgehead atoms. The predicted molar refractivity (Wildman–Crippen MR) is 138 cm³/mol. The van der Waals surface area contributed by atoms with Crippen LogP contribution in [-0.2, 0) is 20.9 Å². The fourth-order valence-electron chi connectivity index (χ4n) is 5.24. The summed E-state index contributed by atoms with van der Waals surface area (Å²) in [7, 11) is 1.62. The topological polar surface area (TPSA) is 64.6 Å². The standard InChI is InChI=1S/C31H28FNO4/c1-19-28(31(35)37-18-20-7-4-3-5-8-20)29(22-9-6-10-24(32)15-22)30-26(33-19)16-23(17-27(30)34)21-11-13-25(36-2)14-12-21/h3-15,23,29,33H,16-18H2,1-2H3/t23-,29-/m1/s1. The van der Waals surface area contributed by atoms with Crippen LogP contribution in [0.1, 0.15) is 48.3 Å². The van der Waals surface area contributed by atoms with E-state index in [2.05, 4.69) is 5.32 Å². The highest BCUT2D eigenvalue weighted by atomic mass is 19.1. The molecule has 0 radical (unpaired) electrons. The number of ether oxygens (including phenoxy) is 2. The Morgan fingerprint density at radius 2 is 1.73 bits per heavy atom. The van der Waals surface area contributed by atoms with Crippen molar-refractivity contribution >= 4 is 11.8 Å². The van der Waals surface area contributed by atoms with Crippen molar-refractivity contribution in [3.8, 4) is 5.75 Å². The summed E-state index contributed by atoms with van der Waals surface area (Å²) in [5.74, 6) is -0.987. The highest BCUT2D eigenvalue weighted by molar-refractivity contribution is 6.04. The van der Waals surface area contributed by atoms with Gasteiger partial charge in [-0.05, 0) is 60.2 Å². The summed E-state index contributed by atoms with van der Waals surface area (Å²) in [6.07, 6.45) is 0.896. The number of dihydropyridines is 1. The average molecular weight is 498 g/mol. The maximum atomic E-state index is 14.3. The fraction of sp³-hybridized carbons (Fsp3) is 0.226. The number of ketones is 1. The summed E-state index contributed by atoms with van der Waals surface area (Å²) in [6, 6.07) is 23.2. The van der Waals surface area contributed by atoms with Crippen molar-refractivity contribution in [3.63, 3.8) is 0 Å². The maximum absolute atomic E-state index is 14.3. The lowest BCUT2D eigenvalue weighted by atomic mass is 9.71. The van der Waals surface area contributed by atoms with Crippen LogP contribution in [0.15, 0.2) is 101 Å². The van der Waals surface area contributed by atoms with Crippen molar-refractivity contribution in [2.45, 2.75) is 38.2 Å². The first-order valence-electron chi connectivity index (χ1n) is 12.3. The molecule has 5 nitrogen and oxygen atoms in total. The van der Waals surface area contributed by atoms with Crippen LogP contribution in [0.3, 0.4) is 0 Å². The normalized spacial score (nSPS) is 19.3. The van der Waals surface area contributed by atoms with Crippen LogP contribution in [0.2, 0.25) is 0 Å². The Kier molecular flexibility index (Phi) is 6.91. The molecule has 6 heteroatoms. The molecule has 5 rings (SSSR count). The van der Waals surface area contributed by atoms with Gasteiger partial charge in [0.15, 0.2) is 5.78 Å². The van der Waals surface area contributed by atoms with Gasteiger partial charge in [-0.3, -0.25) is 4.79 Å². The van der Waals surface area contributed by atoms with E-state index in [9.17, 15) is 14.0 Å². The van der Waals surface area contributed by atoms with Gasteiger partial charge in [0, 0.05) is 29.3 Å². The molecule has 0 unspecified atom stereocenters. The van der Waals surface area contributed by atoms with E-state index in [4.69, 9.17) is 9.47 Å². The quantitative estimate of drug-likeness (QED) is 0.427. The number of Topliss-reactive ketones (excluding diaryl/α,β-unsaturated/α-hetero) is 1. The molecule has 0 amide bonds. The van der Waals surface area contributed by atoms with Crippen molar-refractivity contribution in [2.75, 3.05) is 7.11 Å². The van der Waals surface area contributed by atoms with Crippen molar-refractivity contribution in [1.82, 2.24) is 5.32 Å². The van der Waals surface area contributed by atoms with Crippen LogP contribution in [0, 0.1) is 5.82 Å². The first-order valence-corrected chi connectivity index (χ1v) is 12.3. The van der Waals surface area contributed by atoms with Gasteiger partial charge in [0.25, 0.3) is 0 Å². The average Bonchev–Trinajstić information content (AvgIpc) is 2.91. The first kappa shape index (κ1) is 24.5. The Labute approximate surface area is 215 Å². The van der Waals surface area contributed by atoms with Gasteiger partial charge in [0.05, 0.1) is 12.7 Å². The Morgan fingerprint density at radius 1 is 0.973 bits per heavy atom. The molecular weight excluding hydrogens is 469 g/mol. The number of carbonyl (C=O) groups is 2. The summed E-state index contributed by atoms with van der Waals surface area (Å²) >= 11 is 0. The van der Waals surface area contributed by atoms with Gasteiger partial charge in [-0.1, -0.05) is 54.6 Å². The van der Waals surface area contributed by atoms with E-state index in [0.29, 0.717) is 35.2 Å². The molecule has 0 aromatic heterocycles. The first-order chi connectivity index (χ1) is 17.9. The van der Waals surface area contributed by atoms with Crippen molar-refractivity contribution in [2.24, 2.45) is 0 Å². The molecule has 188 valence electrons. The van der Waals surface area contributed by atoms with Gasteiger partial charge in [0.2, 0.25) is 0 Å². The van der Waals surface area contributed by atoms with Gasteiger partial charge in [0.1, 0.15) is 18.2 Å². The van der Waals surface area contributed by atoms with Gasteiger partial charge >= 0.3 is 5.97 Å². The summed E-state index contributed by atoms with van der Waals surface area (Å²) in [5.41, 5.74) is 4.66. The molecule has 3 aromatic carbocycles. The van der Waals surface area contributed by atoms with Crippen LogP contribution < -0.4 is 10.1 Å². The highest BCUT2D eigenvalue weighted by Gasteiger charge is 2.41. The molecule has 1 heterocycles. The third-order valence-corrected chi connectivity index (χ3v) is 7.03. The second-order valence-corrected chi connectivity index (χ2v) is 9.41. The molecule has 0 fully saturated rings. The lowest BCUT2D eigenvalue weighted by molar-refractivity contribution is -0.140. The van der Waals surface area contributed by atoms with Gasteiger partial charge in [-0.15, -0.1) is 0 Å². The van der Waals surface area contributed by atoms with Gasteiger partial charge in [-0.25, -0.2) is 9.18 Å². The smallest absolute Gasteiger partial charge is 0.337 e. The minimum atomic E-state index is -0.709. The van der Waals surface area contributed by atoms with E-state index in [0.717, 1.165) is 22.6 Å². The maximum Gasteiger partial charge on any atom is 0.337 e. The number of esters is 1. The van der Waals surface area contributed by atoms with E-state index in [1.54, 1.807) is 26.2 Å². The number of carbonyl (C=O) groups excluding carboxylic acids is 2. The van der Waals surface area contributed by atoms with E-state index in [-0.39, 0.29) is 18.3 Å². The highest BCUT2D eigenvalue weighted by Crippen LogP contribution is 2.46. The Bertz CT molecular complexity index is 1390. The minimum absolute atomic E-state index is 0.0165. The second kappa shape index (κ2) is 10.4. The number of allylic oxidation sites excluding steroid dienone is 3. The summed E-state index contributed by atoms with van der Waals surface area (Å²) < 4.78 is 25.3. The third kappa shape index (κ3) is 5.05. The number of nitrogens with one attached hydrogen (secondary N) is 1. The molecule has 0 spiro atoms. The van der Waals surface area contributed by atoms with Crippen molar-refractivity contribution in [3.05, 3.63) is 124 Å². The van der Waals surface area contributed by atoms with Crippen LogP contribution in [0.4, 0.5) is 4.39 Å². The largest absolute Gasteiger partial charge is 0.497 e. The number of hydrogen-bond donors (Lipinski definition) is 1. The minimum Gasteiger partial charge on any atom is -0.497 e. The number of benzene rings is 3. The number of methoxy groups -OCH3 is 1. The Hall–Kier alpha value is -4.19. The molecule has 0 saturated heterocycles. The zero-order valence-electron chi connectivity index (χ0n) is 20.8. The van der Waals surface area contributed by atoms with E-state index in [1.807, 2.05) is 54.6 Å². The molecule has 0 saturated carbocycles. The van der Waals surface area contributed by atoms with E-state index in [1.165, 1.54) is 12.1 Å². The van der Waals surface area contributed by atoms with E-state index < -0.39 is 17.7 Å². The lowest BCUT2D eigenvalue weighted by Gasteiger charge is -2.36. The van der Waals surface area contributed by atoms with Gasteiger partial charge < -0.3 is 14.8 Å².